The molecule has 3 aliphatic rings. The second kappa shape index (κ2) is 5.04. The molecule has 0 saturated heterocycles. The molecule has 1 aromatic rings. The van der Waals surface area contributed by atoms with Gasteiger partial charge in [-0.3, -0.25) is 4.79 Å². The summed E-state index contributed by atoms with van der Waals surface area (Å²) in [5.41, 5.74) is 0.871. The lowest BCUT2D eigenvalue weighted by molar-refractivity contribution is 0.0799. The third-order valence-corrected chi connectivity index (χ3v) is 5.59. The third kappa shape index (κ3) is 2.23. The van der Waals surface area contributed by atoms with Gasteiger partial charge < -0.3 is 10.1 Å². The molecule has 21 heavy (non-hydrogen) atoms. The molecular weight excluding hydrogens is 266 g/mol. The highest BCUT2D eigenvalue weighted by atomic mass is 16.5. The summed E-state index contributed by atoms with van der Waals surface area (Å²) in [5, 5.41) is 7.64. The highest BCUT2D eigenvalue weighted by molar-refractivity contribution is 5.92. The number of rotatable bonds is 2. The molecule has 1 atom stereocenters. The Kier molecular flexibility index (Phi) is 3.16. The minimum Gasteiger partial charge on any atom is -0.476 e. The molecular formula is C16H23N3O2. The number of ether oxygens (including phenoxy) is 1. The number of hydrogen-bond acceptors (Lipinski definition) is 3. The van der Waals surface area contributed by atoms with E-state index in [1.54, 1.807) is 10.7 Å². The van der Waals surface area contributed by atoms with Crippen molar-refractivity contribution in [2.45, 2.75) is 64.0 Å². The lowest BCUT2D eigenvalue weighted by atomic mass is 9.69. The van der Waals surface area contributed by atoms with Gasteiger partial charge in [-0.15, -0.1) is 0 Å². The molecule has 2 aliphatic carbocycles. The van der Waals surface area contributed by atoms with Gasteiger partial charge in [-0.05, 0) is 31.1 Å². The average Bonchev–Trinajstić information content (AvgIpc) is 3.17. The predicted octanol–water partition coefficient (Wildman–Crippen LogP) is 2.51. The van der Waals surface area contributed by atoms with Crippen LogP contribution in [0, 0.1) is 5.41 Å². The second-order valence-corrected chi connectivity index (χ2v) is 6.78. The summed E-state index contributed by atoms with van der Waals surface area (Å²) in [4.78, 5) is 12.5. The number of nitrogens with one attached hydrogen (secondary N) is 1. The van der Waals surface area contributed by atoms with E-state index < -0.39 is 0 Å². The van der Waals surface area contributed by atoms with E-state index in [1.807, 2.05) is 0 Å². The zero-order valence-corrected chi connectivity index (χ0v) is 12.4. The number of amides is 1. The van der Waals surface area contributed by atoms with Crippen LogP contribution in [0.25, 0.3) is 0 Å². The minimum absolute atomic E-state index is 0.0290. The van der Waals surface area contributed by atoms with Gasteiger partial charge in [0.2, 0.25) is 5.88 Å². The van der Waals surface area contributed by atoms with Gasteiger partial charge in [-0.1, -0.05) is 25.7 Å². The van der Waals surface area contributed by atoms with Gasteiger partial charge in [0, 0.05) is 12.1 Å². The normalized spacial score (nSPS) is 26.6. The summed E-state index contributed by atoms with van der Waals surface area (Å²) in [7, 11) is 0. The topological polar surface area (TPSA) is 56.2 Å². The fourth-order valence-electron chi connectivity index (χ4n) is 4.46. The predicted molar refractivity (Wildman–Crippen MR) is 78.3 cm³/mol. The van der Waals surface area contributed by atoms with Crippen LogP contribution in [0.15, 0.2) is 6.07 Å². The molecule has 1 unspecified atom stereocenters. The van der Waals surface area contributed by atoms with Crippen LogP contribution in [0.3, 0.4) is 0 Å². The highest BCUT2D eigenvalue weighted by Gasteiger charge is 2.43. The highest BCUT2D eigenvalue weighted by Crippen LogP contribution is 2.49. The van der Waals surface area contributed by atoms with E-state index in [4.69, 9.17) is 4.74 Å². The Bertz CT molecular complexity index is 524. The molecule has 2 saturated carbocycles. The van der Waals surface area contributed by atoms with Gasteiger partial charge in [0.1, 0.15) is 6.61 Å². The lowest BCUT2D eigenvalue weighted by Crippen LogP contribution is -2.48. The Hall–Kier alpha value is -1.52. The van der Waals surface area contributed by atoms with Crippen molar-refractivity contribution in [3.63, 3.8) is 0 Å². The van der Waals surface area contributed by atoms with Crippen LogP contribution in [0.5, 0.6) is 5.88 Å². The van der Waals surface area contributed by atoms with Gasteiger partial charge in [0.15, 0.2) is 5.69 Å². The van der Waals surface area contributed by atoms with Crippen molar-refractivity contribution < 1.29 is 9.53 Å². The summed E-state index contributed by atoms with van der Waals surface area (Å²) in [6.45, 7) is 1.41. The fraction of sp³-hybridized carbons (Fsp3) is 0.750. The quantitative estimate of drug-likeness (QED) is 0.910. The van der Waals surface area contributed by atoms with Crippen LogP contribution in [-0.2, 0) is 6.54 Å². The van der Waals surface area contributed by atoms with E-state index >= 15 is 0 Å². The molecule has 5 nitrogen and oxygen atoms in total. The summed E-state index contributed by atoms with van der Waals surface area (Å²) in [5.74, 6) is 0.693. The van der Waals surface area contributed by atoms with Gasteiger partial charge >= 0.3 is 0 Å². The van der Waals surface area contributed by atoms with Crippen LogP contribution in [0.2, 0.25) is 0 Å². The van der Waals surface area contributed by atoms with Crippen LogP contribution in [-0.4, -0.2) is 28.3 Å². The van der Waals surface area contributed by atoms with E-state index in [2.05, 4.69) is 10.4 Å². The first-order chi connectivity index (χ1) is 10.3. The van der Waals surface area contributed by atoms with Gasteiger partial charge in [0.05, 0.1) is 6.54 Å². The average molecular weight is 289 g/mol. The molecule has 4 rings (SSSR count). The lowest BCUT2D eigenvalue weighted by Gasteiger charge is -2.41. The van der Waals surface area contributed by atoms with Crippen LogP contribution in [0.1, 0.15) is 61.9 Å². The second-order valence-electron chi connectivity index (χ2n) is 6.78. The number of hydrogen-bond donors (Lipinski definition) is 1. The molecule has 0 aromatic carbocycles. The maximum Gasteiger partial charge on any atom is 0.272 e. The molecule has 2 fully saturated rings. The van der Waals surface area contributed by atoms with E-state index in [-0.39, 0.29) is 5.91 Å². The van der Waals surface area contributed by atoms with E-state index in [0.717, 1.165) is 18.8 Å². The Morgan fingerprint density at radius 1 is 1.29 bits per heavy atom. The smallest absolute Gasteiger partial charge is 0.272 e. The number of nitrogens with zero attached hydrogens (tertiary/aromatic N) is 2. The molecule has 114 valence electrons. The van der Waals surface area contributed by atoms with Gasteiger partial charge in [0.25, 0.3) is 5.91 Å². The van der Waals surface area contributed by atoms with Crippen molar-refractivity contribution in [1.82, 2.24) is 15.1 Å². The number of carbonyl (C=O) groups is 1. The van der Waals surface area contributed by atoms with Crippen molar-refractivity contribution >= 4 is 5.91 Å². The molecule has 1 amide bonds. The van der Waals surface area contributed by atoms with Crippen molar-refractivity contribution in [3.05, 3.63) is 11.8 Å². The van der Waals surface area contributed by atoms with Gasteiger partial charge in [-0.25, -0.2) is 4.68 Å². The number of fused-ring (bicyclic) bond motifs is 1. The van der Waals surface area contributed by atoms with Crippen molar-refractivity contribution in [2.24, 2.45) is 5.41 Å². The van der Waals surface area contributed by atoms with Crippen LogP contribution in [0.4, 0.5) is 0 Å². The maximum atomic E-state index is 12.5. The first kappa shape index (κ1) is 13.2. The molecule has 1 aromatic heterocycles. The SMILES string of the molecule is O=C(NC1CCCCC12CCCC2)c1cc2n(n1)CCO2. The van der Waals surface area contributed by atoms with Crippen molar-refractivity contribution in [1.29, 1.82) is 0 Å². The third-order valence-electron chi connectivity index (χ3n) is 5.59. The monoisotopic (exact) mass is 289 g/mol. The first-order valence-corrected chi connectivity index (χ1v) is 8.28. The molecule has 1 aliphatic heterocycles. The van der Waals surface area contributed by atoms with Crippen LogP contribution >= 0.6 is 0 Å². The molecule has 2 heterocycles. The summed E-state index contributed by atoms with van der Waals surface area (Å²) < 4.78 is 7.21. The Labute approximate surface area is 125 Å². The Morgan fingerprint density at radius 2 is 2.05 bits per heavy atom. The standard InChI is InChI=1S/C16H23N3O2/c20-15(12-11-14-19(18-12)9-10-21-14)17-13-5-1-2-6-16(13)7-3-4-8-16/h11,13H,1-10H2,(H,17,20). The number of carbonyl (C=O) groups excluding carboxylic acids is 1. The molecule has 0 radical (unpaired) electrons. The molecule has 1 N–H and O–H groups in total. The zero-order chi connectivity index (χ0) is 14.3. The molecule has 5 heteroatoms. The van der Waals surface area contributed by atoms with E-state index in [9.17, 15) is 4.79 Å². The van der Waals surface area contributed by atoms with Crippen molar-refractivity contribution in [2.75, 3.05) is 6.61 Å². The van der Waals surface area contributed by atoms with Gasteiger partial charge in [-0.2, -0.15) is 5.10 Å². The van der Waals surface area contributed by atoms with Crippen LogP contribution < -0.4 is 10.1 Å². The van der Waals surface area contributed by atoms with E-state index in [1.165, 1.54) is 44.9 Å². The minimum atomic E-state index is -0.0290. The Balaban J connectivity index is 1.49. The summed E-state index contributed by atoms with van der Waals surface area (Å²) in [6.07, 6.45) is 10.1. The summed E-state index contributed by atoms with van der Waals surface area (Å²) >= 11 is 0. The Morgan fingerprint density at radius 3 is 2.81 bits per heavy atom. The first-order valence-electron chi connectivity index (χ1n) is 8.28. The fourth-order valence-corrected chi connectivity index (χ4v) is 4.46. The summed E-state index contributed by atoms with van der Waals surface area (Å²) in [6, 6.07) is 2.10. The zero-order valence-electron chi connectivity index (χ0n) is 12.4. The largest absolute Gasteiger partial charge is 0.476 e. The van der Waals surface area contributed by atoms with E-state index in [0.29, 0.717) is 23.8 Å². The molecule has 1 spiro atoms. The van der Waals surface area contributed by atoms with Crippen molar-refractivity contribution in [3.8, 4) is 5.88 Å². The molecule has 0 bridgehead atoms. The maximum absolute atomic E-state index is 12.5. The number of aromatic nitrogens is 2.